The van der Waals surface area contributed by atoms with E-state index in [2.05, 4.69) is 22.2 Å². The number of guanidine groups is 1. The Morgan fingerprint density at radius 2 is 1.90 bits per heavy atom. The third-order valence-corrected chi connectivity index (χ3v) is 2.50. The normalized spacial score (nSPS) is 10.9. The number of aliphatic imine (C=N–C) groups is 1. The first-order valence-corrected chi connectivity index (χ1v) is 6.61. The van der Waals surface area contributed by atoms with Gasteiger partial charge in [0.2, 0.25) is 0 Å². The molecule has 0 saturated carbocycles. The maximum atomic E-state index is 11.7. The molecule has 0 aliphatic carbocycles. The average molecular weight is 274 g/mol. The maximum Gasteiger partial charge on any atom is 0.251 e. The summed E-state index contributed by atoms with van der Waals surface area (Å²) in [7, 11) is 0. The largest absolute Gasteiger partial charge is 0.370 e. The molecule has 20 heavy (non-hydrogen) atoms. The lowest BCUT2D eigenvalue weighted by molar-refractivity contribution is 0.0953. The number of carbonyl (C=O) groups is 1. The van der Waals surface area contributed by atoms with Crippen molar-refractivity contribution in [2.24, 2.45) is 10.7 Å². The van der Waals surface area contributed by atoms with Crippen molar-refractivity contribution in [3.8, 4) is 0 Å². The van der Waals surface area contributed by atoms with Gasteiger partial charge in [0, 0.05) is 18.7 Å². The van der Waals surface area contributed by atoms with Gasteiger partial charge in [0.05, 0.1) is 6.54 Å². The van der Waals surface area contributed by atoms with Crippen LogP contribution in [-0.4, -0.2) is 31.5 Å². The molecule has 0 aliphatic rings. The number of hydrogen-bond acceptors (Lipinski definition) is 2. The summed E-state index contributed by atoms with van der Waals surface area (Å²) >= 11 is 0. The molecule has 0 aliphatic heterocycles. The Kier molecular flexibility index (Phi) is 6.89. The second kappa shape index (κ2) is 8.74. The first-order valence-electron chi connectivity index (χ1n) is 6.61. The third kappa shape index (κ3) is 6.58. The van der Waals surface area contributed by atoms with Crippen LogP contribution in [0.2, 0.25) is 0 Å². The molecular weight excluding hydrogens is 252 g/mol. The predicted octanol–water partition coefficient (Wildman–Crippen LogP) is 1.29. The second-order valence-corrected chi connectivity index (χ2v) is 4.56. The van der Waals surface area contributed by atoms with Crippen LogP contribution in [0.15, 0.2) is 47.5 Å². The molecule has 0 saturated heterocycles. The Morgan fingerprint density at radius 3 is 2.55 bits per heavy atom. The van der Waals surface area contributed by atoms with E-state index in [-0.39, 0.29) is 5.91 Å². The van der Waals surface area contributed by atoms with E-state index in [9.17, 15) is 4.79 Å². The van der Waals surface area contributed by atoms with Gasteiger partial charge < -0.3 is 16.4 Å². The van der Waals surface area contributed by atoms with Crippen LogP contribution < -0.4 is 16.4 Å². The zero-order valence-corrected chi connectivity index (χ0v) is 11.9. The molecule has 0 unspecified atom stereocenters. The Balaban J connectivity index is 2.15. The summed E-state index contributed by atoms with van der Waals surface area (Å²) in [6.45, 7) is 7.44. The van der Waals surface area contributed by atoms with E-state index in [1.807, 2.05) is 25.1 Å². The molecule has 0 spiro atoms. The fourth-order valence-electron chi connectivity index (χ4n) is 1.47. The van der Waals surface area contributed by atoms with Gasteiger partial charge in [0.25, 0.3) is 5.91 Å². The highest BCUT2D eigenvalue weighted by molar-refractivity contribution is 5.94. The predicted molar refractivity (Wildman–Crippen MR) is 82.7 cm³/mol. The van der Waals surface area contributed by atoms with Crippen LogP contribution in [0.3, 0.4) is 0 Å². The van der Waals surface area contributed by atoms with Crippen molar-refractivity contribution in [2.45, 2.75) is 13.3 Å². The number of nitrogens with one attached hydrogen (secondary N) is 2. The van der Waals surface area contributed by atoms with Gasteiger partial charge in [0.1, 0.15) is 0 Å². The van der Waals surface area contributed by atoms with Crippen LogP contribution in [0.5, 0.6) is 0 Å². The molecule has 108 valence electrons. The van der Waals surface area contributed by atoms with Gasteiger partial charge in [-0.05, 0) is 25.5 Å². The van der Waals surface area contributed by atoms with Gasteiger partial charge in [-0.3, -0.25) is 4.79 Å². The molecule has 5 nitrogen and oxygen atoms in total. The molecule has 1 aromatic rings. The Bertz CT molecular complexity index is 468. The zero-order chi connectivity index (χ0) is 14.8. The first kappa shape index (κ1) is 15.8. The molecule has 0 aromatic heterocycles. The van der Waals surface area contributed by atoms with Gasteiger partial charge in [-0.25, -0.2) is 4.99 Å². The van der Waals surface area contributed by atoms with E-state index in [1.54, 1.807) is 12.1 Å². The lowest BCUT2D eigenvalue weighted by atomic mass is 10.2. The Labute approximate surface area is 120 Å². The zero-order valence-electron chi connectivity index (χ0n) is 11.9. The Morgan fingerprint density at radius 1 is 1.25 bits per heavy atom. The van der Waals surface area contributed by atoms with Crippen molar-refractivity contribution < 1.29 is 4.79 Å². The minimum absolute atomic E-state index is 0.0606. The van der Waals surface area contributed by atoms with Crippen LogP contribution in [0.4, 0.5) is 0 Å². The molecule has 0 heterocycles. The van der Waals surface area contributed by atoms with E-state index in [0.717, 1.165) is 12.0 Å². The summed E-state index contributed by atoms with van der Waals surface area (Å²) in [5, 5.41) is 5.84. The molecule has 0 bridgehead atoms. The third-order valence-electron chi connectivity index (χ3n) is 2.50. The standard InChI is InChI=1S/C15H22N4O/c1-12(2)11-19-15(16)18-10-6-9-17-14(20)13-7-4-3-5-8-13/h3-5,7-8H,1,6,9-11H2,2H3,(H,17,20)(H3,16,18,19). The number of carbonyl (C=O) groups excluding carboxylic acids is 1. The van der Waals surface area contributed by atoms with Crippen LogP contribution >= 0.6 is 0 Å². The van der Waals surface area contributed by atoms with Crippen LogP contribution in [0.1, 0.15) is 23.7 Å². The quantitative estimate of drug-likeness (QED) is 0.303. The van der Waals surface area contributed by atoms with Crippen molar-refractivity contribution in [3.63, 3.8) is 0 Å². The summed E-state index contributed by atoms with van der Waals surface area (Å²) in [4.78, 5) is 15.8. The fourth-order valence-corrected chi connectivity index (χ4v) is 1.47. The lowest BCUT2D eigenvalue weighted by Gasteiger charge is -2.07. The van der Waals surface area contributed by atoms with Crippen molar-refractivity contribution >= 4 is 11.9 Å². The number of amides is 1. The number of nitrogens with two attached hydrogens (primary N) is 1. The minimum Gasteiger partial charge on any atom is -0.370 e. The fraction of sp³-hybridized carbons (Fsp3) is 0.333. The first-order chi connectivity index (χ1) is 9.59. The van der Waals surface area contributed by atoms with E-state index >= 15 is 0 Å². The highest BCUT2D eigenvalue weighted by Crippen LogP contribution is 1.97. The van der Waals surface area contributed by atoms with Crippen molar-refractivity contribution in [3.05, 3.63) is 48.0 Å². The Hall–Kier alpha value is -2.30. The van der Waals surface area contributed by atoms with Crippen LogP contribution in [-0.2, 0) is 0 Å². The molecular formula is C15H22N4O. The maximum absolute atomic E-state index is 11.7. The van der Waals surface area contributed by atoms with Gasteiger partial charge >= 0.3 is 0 Å². The minimum atomic E-state index is -0.0606. The van der Waals surface area contributed by atoms with Crippen molar-refractivity contribution in [1.29, 1.82) is 0 Å². The van der Waals surface area contributed by atoms with E-state index < -0.39 is 0 Å². The van der Waals surface area contributed by atoms with Crippen molar-refractivity contribution in [1.82, 2.24) is 10.6 Å². The average Bonchev–Trinajstić information content (AvgIpc) is 2.45. The molecule has 4 N–H and O–H groups in total. The number of hydrogen-bond donors (Lipinski definition) is 3. The van der Waals surface area contributed by atoms with E-state index in [0.29, 0.717) is 31.2 Å². The summed E-state index contributed by atoms with van der Waals surface area (Å²) < 4.78 is 0. The topological polar surface area (TPSA) is 79.5 Å². The summed E-state index contributed by atoms with van der Waals surface area (Å²) in [6.07, 6.45) is 0.780. The second-order valence-electron chi connectivity index (χ2n) is 4.56. The molecule has 5 heteroatoms. The lowest BCUT2D eigenvalue weighted by Crippen LogP contribution is -2.34. The van der Waals surface area contributed by atoms with Gasteiger partial charge in [0.15, 0.2) is 5.96 Å². The molecule has 0 radical (unpaired) electrons. The van der Waals surface area contributed by atoms with E-state index in [1.165, 1.54) is 0 Å². The summed E-state index contributed by atoms with van der Waals surface area (Å²) in [5.41, 5.74) is 7.30. The number of nitrogens with zero attached hydrogens (tertiary/aromatic N) is 1. The SMILES string of the molecule is C=C(C)CN=C(N)NCCCNC(=O)c1ccccc1. The molecule has 0 atom stereocenters. The highest BCUT2D eigenvalue weighted by Gasteiger charge is 2.02. The van der Waals surface area contributed by atoms with E-state index in [4.69, 9.17) is 5.73 Å². The smallest absolute Gasteiger partial charge is 0.251 e. The number of benzene rings is 1. The van der Waals surface area contributed by atoms with Crippen LogP contribution in [0.25, 0.3) is 0 Å². The summed E-state index contributed by atoms with van der Waals surface area (Å²) in [5.74, 6) is 0.344. The van der Waals surface area contributed by atoms with Gasteiger partial charge in [-0.15, -0.1) is 0 Å². The highest BCUT2D eigenvalue weighted by atomic mass is 16.1. The van der Waals surface area contributed by atoms with Gasteiger partial charge in [-0.2, -0.15) is 0 Å². The summed E-state index contributed by atoms with van der Waals surface area (Å²) in [6, 6.07) is 9.14. The molecule has 1 amide bonds. The molecule has 0 fully saturated rings. The molecule has 1 rings (SSSR count). The monoisotopic (exact) mass is 274 g/mol. The molecule has 1 aromatic carbocycles. The van der Waals surface area contributed by atoms with Gasteiger partial charge in [-0.1, -0.05) is 30.4 Å². The van der Waals surface area contributed by atoms with Crippen LogP contribution in [0, 0.1) is 0 Å². The number of rotatable bonds is 7. The van der Waals surface area contributed by atoms with Crippen molar-refractivity contribution in [2.75, 3.05) is 19.6 Å².